The Morgan fingerprint density at radius 1 is 0.483 bits per heavy atom. The number of rotatable bonds is 2. The van der Waals surface area contributed by atoms with E-state index in [9.17, 15) is 0 Å². The normalized spacial score (nSPS) is 12.6. The fourth-order valence-electron chi connectivity index (χ4n) is 4.05. The van der Waals surface area contributed by atoms with Crippen LogP contribution in [0.5, 0.6) is 11.5 Å². The molecular formula is C28H22O. The van der Waals surface area contributed by atoms with Crippen molar-refractivity contribution in [1.82, 2.24) is 0 Å². The standard InChI is InChI=1S/C28H22O/c1-19-13-15-25-23(17-19)27(21-9-5-3-6-10-21)28(22-11-7-4-8-12-22)24-18-20(2)14-16-26(24)29-25/h3-18H,1-2H3. The molecule has 1 heterocycles. The third kappa shape index (κ3) is 3.15. The molecule has 0 radical (unpaired) electrons. The highest BCUT2D eigenvalue weighted by molar-refractivity contribution is 6.07. The molecule has 4 aromatic carbocycles. The highest BCUT2D eigenvalue weighted by Crippen LogP contribution is 2.47. The van der Waals surface area contributed by atoms with Crippen LogP contribution in [0.15, 0.2) is 97.1 Å². The Morgan fingerprint density at radius 3 is 1.31 bits per heavy atom. The predicted molar refractivity (Wildman–Crippen MR) is 120 cm³/mol. The van der Waals surface area contributed by atoms with Gasteiger partial charge in [0.15, 0.2) is 0 Å². The summed E-state index contributed by atoms with van der Waals surface area (Å²) < 4.78 is 6.47. The fourth-order valence-corrected chi connectivity index (χ4v) is 4.05. The molecule has 1 nitrogen and oxygen atoms in total. The van der Waals surface area contributed by atoms with E-state index in [0.717, 1.165) is 22.6 Å². The van der Waals surface area contributed by atoms with E-state index in [0.29, 0.717) is 0 Å². The second kappa shape index (κ2) is 7.10. The molecule has 0 aliphatic carbocycles. The third-order valence-electron chi connectivity index (χ3n) is 5.40. The predicted octanol–water partition coefficient (Wildman–Crippen LogP) is 7.42. The Labute approximate surface area is 171 Å². The lowest BCUT2D eigenvalue weighted by Gasteiger charge is -2.17. The van der Waals surface area contributed by atoms with Crippen molar-refractivity contribution in [2.24, 2.45) is 0 Å². The average molecular weight is 374 g/mol. The molecule has 5 rings (SSSR count). The monoisotopic (exact) mass is 374 g/mol. The topological polar surface area (TPSA) is 9.23 Å². The second-order valence-corrected chi connectivity index (χ2v) is 7.58. The summed E-state index contributed by atoms with van der Waals surface area (Å²) in [4.78, 5) is 0. The van der Waals surface area contributed by atoms with Crippen molar-refractivity contribution in [1.29, 1.82) is 0 Å². The van der Waals surface area contributed by atoms with Crippen LogP contribution in [0.4, 0.5) is 0 Å². The number of aryl methyl sites for hydroxylation is 2. The van der Waals surface area contributed by atoms with Gasteiger partial charge in [-0.15, -0.1) is 0 Å². The van der Waals surface area contributed by atoms with Gasteiger partial charge in [-0.25, -0.2) is 0 Å². The number of hydrogen-bond acceptors (Lipinski definition) is 1. The largest absolute Gasteiger partial charge is 0.456 e. The summed E-state index contributed by atoms with van der Waals surface area (Å²) in [6, 6.07) is 34.1. The summed E-state index contributed by atoms with van der Waals surface area (Å²) in [5.74, 6) is 1.79. The zero-order chi connectivity index (χ0) is 19.8. The molecule has 0 fully saturated rings. The Kier molecular flexibility index (Phi) is 4.29. The first kappa shape index (κ1) is 17.5. The first-order valence-electron chi connectivity index (χ1n) is 9.96. The molecule has 1 aliphatic rings. The van der Waals surface area contributed by atoms with Gasteiger partial charge in [0.25, 0.3) is 0 Å². The van der Waals surface area contributed by atoms with Gasteiger partial charge in [0, 0.05) is 22.3 Å². The highest BCUT2D eigenvalue weighted by Gasteiger charge is 2.25. The van der Waals surface area contributed by atoms with Crippen molar-refractivity contribution in [3.8, 4) is 11.5 Å². The lowest BCUT2D eigenvalue weighted by atomic mass is 9.85. The summed E-state index contributed by atoms with van der Waals surface area (Å²) in [5, 5.41) is 0. The van der Waals surface area contributed by atoms with Crippen molar-refractivity contribution in [2.75, 3.05) is 0 Å². The fraction of sp³-hybridized carbons (Fsp3) is 0.0714. The lowest BCUT2D eigenvalue weighted by Crippen LogP contribution is -1.96. The lowest BCUT2D eigenvalue weighted by molar-refractivity contribution is 0.481. The number of hydrogen-bond donors (Lipinski definition) is 0. The molecule has 140 valence electrons. The van der Waals surface area contributed by atoms with E-state index in [4.69, 9.17) is 4.74 Å². The number of fused-ring (bicyclic) bond motifs is 2. The molecule has 0 atom stereocenters. The quantitative estimate of drug-likeness (QED) is 0.312. The summed E-state index contributed by atoms with van der Waals surface area (Å²) in [7, 11) is 0. The van der Waals surface area contributed by atoms with E-state index in [1.54, 1.807) is 0 Å². The van der Waals surface area contributed by atoms with Crippen LogP contribution in [0.25, 0.3) is 11.1 Å². The van der Waals surface area contributed by atoms with E-state index >= 15 is 0 Å². The van der Waals surface area contributed by atoms with Crippen LogP contribution in [0.2, 0.25) is 0 Å². The van der Waals surface area contributed by atoms with E-state index in [2.05, 4.69) is 111 Å². The molecule has 0 saturated carbocycles. The zero-order valence-corrected chi connectivity index (χ0v) is 16.6. The first-order valence-corrected chi connectivity index (χ1v) is 9.96. The van der Waals surface area contributed by atoms with Gasteiger partial charge in [-0.3, -0.25) is 0 Å². The molecule has 0 spiro atoms. The van der Waals surface area contributed by atoms with Crippen LogP contribution < -0.4 is 4.74 Å². The van der Waals surface area contributed by atoms with E-state index in [1.165, 1.54) is 33.4 Å². The molecular weight excluding hydrogens is 352 g/mol. The van der Waals surface area contributed by atoms with E-state index in [-0.39, 0.29) is 0 Å². The van der Waals surface area contributed by atoms with Crippen molar-refractivity contribution >= 4 is 11.1 Å². The Hall–Kier alpha value is -3.58. The molecule has 1 heteroatoms. The van der Waals surface area contributed by atoms with Crippen LogP contribution in [0.1, 0.15) is 33.4 Å². The smallest absolute Gasteiger partial charge is 0.135 e. The van der Waals surface area contributed by atoms with Crippen LogP contribution >= 0.6 is 0 Å². The van der Waals surface area contributed by atoms with E-state index in [1.807, 2.05) is 0 Å². The summed E-state index contributed by atoms with van der Waals surface area (Å²) in [6.45, 7) is 4.26. The zero-order valence-electron chi connectivity index (χ0n) is 16.6. The van der Waals surface area contributed by atoms with Crippen LogP contribution in [-0.4, -0.2) is 0 Å². The maximum absolute atomic E-state index is 6.47. The highest BCUT2D eigenvalue weighted by atomic mass is 16.5. The Balaban J connectivity index is 1.97. The van der Waals surface area contributed by atoms with Gasteiger partial charge in [-0.05, 0) is 49.2 Å². The van der Waals surface area contributed by atoms with Crippen molar-refractivity contribution < 1.29 is 4.74 Å². The maximum Gasteiger partial charge on any atom is 0.135 e. The Bertz CT molecular complexity index is 1120. The van der Waals surface area contributed by atoms with Gasteiger partial charge in [0.2, 0.25) is 0 Å². The summed E-state index contributed by atoms with van der Waals surface area (Å²) in [5.41, 5.74) is 9.49. The van der Waals surface area contributed by atoms with Gasteiger partial charge in [-0.2, -0.15) is 0 Å². The van der Waals surface area contributed by atoms with Crippen LogP contribution in [-0.2, 0) is 0 Å². The minimum atomic E-state index is 0.894. The third-order valence-corrected chi connectivity index (χ3v) is 5.40. The minimum absolute atomic E-state index is 0.894. The van der Waals surface area contributed by atoms with Gasteiger partial charge < -0.3 is 4.74 Å². The molecule has 29 heavy (non-hydrogen) atoms. The van der Waals surface area contributed by atoms with Gasteiger partial charge in [0.1, 0.15) is 11.5 Å². The second-order valence-electron chi connectivity index (χ2n) is 7.58. The molecule has 0 saturated heterocycles. The van der Waals surface area contributed by atoms with Crippen LogP contribution in [0, 0.1) is 13.8 Å². The van der Waals surface area contributed by atoms with Crippen molar-refractivity contribution in [2.45, 2.75) is 13.8 Å². The molecule has 0 amide bonds. The van der Waals surface area contributed by atoms with Gasteiger partial charge in [0.05, 0.1) is 0 Å². The molecule has 1 aliphatic heterocycles. The molecule has 0 unspecified atom stereocenters. The maximum atomic E-state index is 6.47. The molecule has 0 bridgehead atoms. The van der Waals surface area contributed by atoms with Gasteiger partial charge >= 0.3 is 0 Å². The van der Waals surface area contributed by atoms with Crippen molar-refractivity contribution in [3.05, 3.63) is 130 Å². The first-order chi connectivity index (χ1) is 14.2. The van der Waals surface area contributed by atoms with Crippen molar-refractivity contribution in [3.63, 3.8) is 0 Å². The minimum Gasteiger partial charge on any atom is -0.456 e. The van der Waals surface area contributed by atoms with Crippen LogP contribution in [0.3, 0.4) is 0 Å². The van der Waals surface area contributed by atoms with E-state index < -0.39 is 0 Å². The molecule has 0 N–H and O–H groups in total. The molecule has 0 aromatic heterocycles. The SMILES string of the molecule is Cc1ccc2c(c1)C(c1ccccc1)=C(c1ccccc1)c1cc(C)ccc1O2. The summed E-state index contributed by atoms with van der Waals surface area (Å²) >= 11 is 0. The summed E-state index contributed by atoms with van der Waals surface area (Å²) in [6.07, 6.45) is 0. The number of ether oxygens (including phenoxy) is 1. The average Bonchev–Trinajstić information content (AvgIpc) is 2.89. The number of benzene rings is 4. The molecule has 4 aromatic rings. The van der Waals surface area contributed by atoms with Gasteiger partial charge in [-0.1, -0.05) is 83.9 Å². The Morgan fingerprint density at radius 2 is 0.897 bits per heavy atom.